The number of halogens is 2. The molecule has 0 radical (unpaired) electrons. The molecule has 2 amide bonds. The molecule has 9 heteroatoms. The fourth-order valence-corrected chi connectivity index (χ4v) is 4.56. The van der Waals surface area contributed by atoms with E-state index in [9.17, 15) is 23.2 Å². The second kappa shape index (κ2) is 9.03. The third-order valence-corrected chi connectivity index (χ3v) is 5.83. The van der Waals surface area contributed by atoms with Crippen LogP contribution in [0.5, 0.6) is 0 Å². The average molecular weight is 452 g/mol. The third kappa shape index (κ3) is 4.86. The minimum Gasteiger partial charge on any atom is -0.465 e. The van der Waals surface area contributed by atoms with Gasteiger partial charge in [-0.1, -0.05) is 12.8 Å². The molecule has 176 valence electrons. The highest BCUT2D eigenvalue weighted by Gasteiger charge is 2.56. The van der Waals surface area contributed by atoms with Gasteiger partial charge in [-0.3, -0.25) is 14.5 Å². The highest BCUT2D eigenvalue weighted by molar-refractivity contribution is 5.94. The van der Waals surface area contributed by atoms with Crippen LogP contribution in [0, 0.1) is 11.6 Å². The van der Waals surface area contributed by atoms with Crippen molar-refractivity contribution in [1.29, 1.82) is 0 Å². The summed E-state index contributed by atoms with van der Waals surface area (Å²) in [5.41, 5.74) is -1.79. The number of ether oxygens (including phenoxy) is 2. The average Bonchev–Trinajstić information content (AvgIpc) is 3.14. The second-order valence-corrected chi connectivity index (χ2v) is 9.29. The van der Waals surface area contributed by atoms with Crippen LogP contribution in [0.2, 0.25) is 0 Å². The first kappa shape index (κ1) is 23.9. The number of amides is 2. The van der Waals surface area contributed by atoms with Crippen LogP contribution in [0.1, 0.15) is 65.0 Å². The van der Waals surface area contributed by atoms with Crippen LogP contribution >= 0.6 is 0 Å². The Morgan fingerprint density at radius 2 is 1.72 bits per heavy atom. The molecule has 1 heterocycles. The lowest BCUT2D eigenvalue weighted by molar-refractivity contribution is -0.163. The highest BCUT2D eigenvalue weighted by atomic mass is 19.1. The first-order chi connectivity index (χ1) is 15.0. The Hall–Kier alpha value is -2.71. The highest BCUT2D eigenvalue weighted by Crippen LogP contribution is 2.44. The molecule has 0 N–H and O–H groups in total. The third-order valence-electron chi connectivity index (χ3n) is 5.83. The Morgan fingerprint density at radius 1 is 1.12 bits per heavy atom. The zero-order valence-corrected chi connectivity index (χ0v) is 19.0. The van der Waals surface area contributed by atoms with Gasteiger partial charge >= 0.3 is 12.1 Å². The topological polar surface area (TPSA) is 76.2 Å². The lowest BCUT2D eigenvalue weighted by Gasteiger charge is -2.51. The van der Waals surface area contributed by atoms with Crippen molar-refractivity contribution in [3.05, 3.63) is 35.4 Å². The number of carbonyl (C=O) groups is 3. The van der Waals surface area contributed by atoms with Crippen LogP contribution in [0.4, 0.5) is 13.6 Å². The van der Waals surface area contributed by atoms with Crippen molar-refractivity contribution < 1.29 is 32.6 Å². The number of esters is 1. The standard InChI is InChI=1S/C23H30F2N2O5/c1-5-31-19(28)14-26-18(15-10-16(24)12-17(25)11-15)13-27(21(30)32-22(2,3)4)23(20(26)29)8-6-7-9-23/h10-12,18H,5-9,13-14H2,1-4H3. The zero-order valence-electron chi connectivity index (χ0n) is 19.0. The predicted octanol–water partition coefficient (Wildman–Crippen LogP) is 3.96. The molecule has 32 heavy (non-hydrogen) atoms. The maximum absolute atomic E-state index is 14.0. The Balaban J connectivity index is 2.06. The van der Waals surface area contributed by atoms with Crippen LogP contribution in [-0.4, -0.2) is 58.6 Å². The van der Waals surface area contributed by atoms with Crippen LogP contribution in [0.3, 0.4) is 0 Å². The lowest BCUT2D eigenvalue weighted by atomic mass is 9.87. The summed E-state index contributed by atoms with van der Waals surface area (Å²) >= 11 is 0. The number of hydrogen-bond acceptors (Lipinski definition) is 5. The van der Waals surface area contributed by atoms with E-state index in [1.165, 1.54) is 9.80 Å². The van der Waals surface area contributed by atoms with Gasteiger partial charge < -0.3 is 14.4 Å². The van der Waals surface area contributed by atoms with E-state index in [1.807, 2.05) is 0 Å². The van der Waals surface area contributed by atoms with Crippen LogP contribution in [0.15, 0.2) is 18.2 Å². The normalized spacial score (nSPS) is 20.6. The van der Waals surface area contributed by atoms with Gasteiger partial charge in [-0.15, -0.1) is 0 Å². The number of rotatable bonds is 4. The first-order valence-electron chi connectivity index (χ1n) is 10.9. The molecule has 0 aromatic heterocycles. The first-order valence-corrected chi connectivity index (χ1v) is 10.9. The molecule has 1 saturated heterocycles. The number of carbonyl (C=O) groups excluding carboxylic acids is 3. The van der Waals surface area contributed by atoms with Gasteiger partial charge in [0.05, 0.1) is 12.6 Å². The monoisotopic (exact) mass is 452 g/mol. The van der Waals surface area contributed by atoms with Crippen LogP contribution in [-0.2, 0) is 19.1 Å². The smallest absolute Gasteiger partial charge is 0.411 e. The van der Waals surface area contributed by atoms with E-state index in [-0.39, 0.29) is 25.3 Å². The largest absolute Gasteiger partial charge is 0.465 e. The number of piperazine rings is 1. The van der Waals surface area contributed by atoms with E-state index in [1.54, 1.807) is 27.7 Å². The molecule has 0 bridgehead atoms. The summed E-state index contributed by atoms with van der Waals surface area (Å²) in [5.74, 6) is -2.68. The van der Waals surface area contributed by atoms with Crippen molar-refractivity contribution in [3.8, 4) is 0 Å². The van der Waals surface area contributed by atoms with Gasteiger partial charge in [0.25, 0.3) is 0 Å². The molecular formula is C23H30F2N2O5. The fraction of sp³-hybridized carbons (Fsp3) is 0.609. The minimum atomic E-state index is -1.16. The summed E-state index contributed by atoms with van der Waals surface area (Å²) in [4.78, 5) is 41.9. The van der Waals surface area contributed by atoms with E-state index < -0.39 is 46.8 Å². The molecule has 1 aliphatic heterocycles. The zero-order chi connectivity index (χ0) is 23.7. The number of benzene rings is 1. The van der Waals surface area contributed by atoms with E-state index in [4.69, 9.17) is 9.47 Å². The molecule has 3 rings (SSSR count). The van der Waals surface area contributed by atoms with Gasteiger partial charge in [-0.25, -0.2) is 13.6 Å². The van der Waals surface area contributed by atoms with Crippen molar-refractivity contribution >= 4 is 18.0 Å². The van der Waals surface area contributed by atoms with Gasteiger partial charge in [0, 0.05) is 12.6 Å². The minimum absolute atomic E-state index is 0.0526. The van der Waals surface area contributed by atoms with Crippen molar-refractivity contribution in [2.45, 2.75) is 70.6 Å². The molecular weight excluding hydrogens is 422 g/mol. The van der Waals surface area contributed by atoms with Gasteiger partial charge in [-0.05, 0) is 58.2 Å². The van der Waals surface area contributed by atoms with E-state index in [0.29, 0.717) is 12.8 Å². The molecule has 2 aliphatic rings. The molecule has 1 aromatic rings. The maximum Gasteiger partial charge on any atom is 0.411 e. The van der Waals surface area contributed by atoms with Crippen molar-refractivity contribution in [2.75, 3.05) is 19.7 Å². The van der Waals surface area contributed by atoms with E-state index in [0.717, 1.165) is 31.0 Å². The summed E-state index contributed by atoms with van der Waals surface area (Å²) in [7, 11) is 0. The summed E-state index contributed by atoms with van der Waals surface area (Å²) in [6.07, 6.45) is 1.66. The van der Waals surface area contributed by atoms with Crippen LogP contribution < -0.4 is 0 Å². The van der Waals surface area contributed by atoms with Crippen LogP contribution in [0.25, 0.3) is 0 Å². The summed E-state index contributed by atoms with van der Waals surface area (Å²) < 4.78 is 38.7. The summed E-state index contributed by atoms with van der Waals surface area (Å²) in [6, 6.07) is 2.02. The van der Waals surface area contributed by atoms with Crippen molar-refractivity contribution in [1.82, 2.24) is 9.80 Å². The van der Waals surface area contributed by atoms with Crippen molar-refractivity contribution in [3.63, 3.8) is 0 Å². The fourth-order valence-electron chi connectivity index (χ4n) is 4.56. The van der Waals surface area contributed by atoms with Crippen molar-refractivity contribution in [2.24, 2.45) is 0 Å². The molecule has 1 unspecified atom stereocenters. The summed E-state index contributed by atoms with van der Waals surface area (Å²) in [6.45, 7) is 6.54. The molecule has 1 atom stereocenters. The van der Waals surface area contributed by atoms with E-state index in [2.05, 4.69) is 0 Å². The number of nitrogens with zero attached hydrogens (tertiary/aromatic N) is 2. The molecule has 1 aromatic carbocycles. The number of hydrogen-bond donors (Lipinski definition) is 0. The predicted molar refractivity (Wildman–Crippen MR) is 112 cm³/mol. The van der Waals surface area contributed by atoms with Gasteiger partial charge in [0.15, 0.2) is 0 Å². The molecule has 1 saturated carbocycles. The molecule has 2 fully saturated rings. The summed E-state index contributed by atoms with van der Waals surface area (Å²) in [5, 5.41) is 0. The van der Waals surface area contributed by atoms with Gasteiger partial charge in [0.2, 0.25) is 5.91 Å². The SMILES string of the molecule is CCOC(=O)CN1C(=O)C2(CCCC2)N(C(=O)OC(C)(C)C)CC1c1cc(F)cc(F)c1. The Bertz CT molecular complexity index is 873. The Morgan fingerprint density at radius 3 is 2.25 bits per heavy atom. The lowest BCUT2D eigenvalue weighted by Crippen LogP contribution is -2.67. The second-order valence-electron chi connectivity index (χ2n) is 9.29. The molecule has 7 nitrogen and oxygen atoms in total. The van der Waals surface area contributed by atoms with Gasteiger partial charge in [0.1, 0.15) is 29.3 Å². The molecule has 1 spiro atoms. The Labute approximate surface area is 186 Å². The van der Waals surface area contributed by atoms with E-state index >= 15 is 0 Å². The van der Waals surface area contributed by atoms with Gasteiger partial charge in [-0.2, -0.15) is 0 Å². The maximum atomic E-state index is 14.0. The Kier molecular flexibility index (Phi) is 6.76. The quantitative estimate of drug-likeness (QED) is 0.647. The molecule has 1 aliphatic carbocycles.